The molecule has 0 radical (unpaired) electrons. The molecule has 0 aromatic carbocycles. The molecule has 0 bridgehead atoms. The van der Waals surface area contributed by atoms with Crippen molar-refractivity contribution >= 4 is 12.4 Å². The average Bonchev–Trinajstić information content (AvgIpc) is 2.93. The van der Waals surface area contributed by atoms with Gasteiger partial charge in [-0.2, -0.15) is 0 Å². The van der Waals surface area contributed by atoms with Gasteiger partial charge in [0, 0.05) is 25.2 Å². The van der Waals surface area contributed by atoms with Gasteiger partial charge in [-0.1, -0.05) is 5.16 Å². The zero-order valence-electron chi connectivity index (χ0n) is 9.85. The number of nitrogens with zero attached hydrogens (tertiary/aromatic N) is 2. The predicted octanol–water partition coefficient (Wildman–Crippen LogP) is 1.57. The van der Waals surface area contributed by atoms with Gasteiger partial charge in [-0.25, -0.2) is 0 Å². The van der Waals surface area contributed by atoms with Gasteiger partial charge < -0.3 is 10.3 Å². The van der Waals surface area contributed by atoms with Gasteiger partial charge in [0.2, 0.25) is 0 Å². The van der Waals surface area contributed by atoms with Crippen molar-refractivity contribution in [3.05, 3.63) is 17.5 Å². The lowest BCUT2D eigenvalue weighted by Gasteiger charge is -2.25. The molecule has 2 N–H and O–H groups in total. The van der Waals surface area contributed by atoms with Gasteiger partial charge in [0.25, 0.3) is 0 Å². The van der Waals surface area contributed by atoms with E-state index in [0.717, 1.165) is 30.5 Å². The molecule has 1 aromatic heterocycles. The number of nitrogens with two attached hydrogens (primary N) is 1. The summed E-state index contributed by atoms with van der Waals surface area (Å²) in [5.41, 5.74) is 6.78. The fraction of sp³-hybridized carbons (Fsp3) is 0.727. The van der Waals surface area contributed by atoms with Gasteiger partial charge in [0.05, 0.1) is 5.69 Å². The highest BCUT2D eigenvalue weighted by atomic mass is 35.5. The first-order valence-electron chi connectivity index (χ1n) is 5.53. The van der Waals surface area contributed by atoms with Gasteiger partial charge >= 0.3 is 0 Å². The van der Waals surface area contributed by atoms with E-state index in [-0.39, 0.29) is 12.4 Å². The molecule has 0 amide bonds. The first kappa shape index (κ1) is 13.5. The van der Waals surface area contributed by atoms with Crippen LogP contribution in [0.3, 0.4) is 0 Å². The molecule has 1 fully saturated rings. The smallest absolute Gasteiger partial charge is 0.133 e. The maximum Gasteiger partial charge on any atom is 0.133 e. The Morgan fingerprint density at radius 3 is 2.75 bits per heavy atom. The fourth-order valence-corrected chi connectivity index (χ4v) is 2.08. The van der Waals surface area contributed by atoms with Crippen LogP contribution in [-0.2, 0) is 6.54 Å². The molecule has 1 heterocycles. The first-order valence-corrected chi connectivity index (χ1v) is 5.53. The van der Waals surface area contributed by atoms with Gasteiger partial charge in [0.1, 0.15) is 5.76 Å². The SMILES string of the molecule is Cc1cc(CN(C)C(CN)C2CC2)no1.Cl. The summed E-state index contributed by atoms with van der Waals surface area (Å²) in [6, 6.07) is 2.48. The second-order valence-electron chi connectivity index (χ2n) is 4.48. The molecule has 92 valence electrons. The van der Waals surface area contributed by atoms with Crippen molar-refractivity contribution in [2.75, 3.05) is 13.6 Å². The molecule has 2 rings (SSSR count). The van der Waals surface area contributed by atoms with Crippen LogP contribution in [0.4, 0.5) is 0 Å². The van der Waals surface area contributed by atoms with Crippen LogP contribution in [0.15, 0.2) is 10.6 Å². The van der Waals surface area contributed by atoms with Crippen molar-refractivity contribution in [1.82, 2.24) is 10.1 Å². The first-order chi connectivity index (χ1) is 7.20. The number of rotatable bonds is 5. The Bertz CT molecular complexity index is 325. The van der Waals surface area contributed by atoms with Crippen LogP contribution < -0.4 is 5.73 Å². The number of hydrogen-bond acceptors (Lipinski definition) is 4. The summed E-state index contributed by atoms with van der Waals surface area (Å²) in [4.78, 5) is 2.29. The van der Waals surface area contributed by atoms with E-state index in [1.54, 1.807) is 0 Å². The van der Waals surface area contributed by atoms with Crippen LogP contribution in [0, 0.1) is 12.8 Å². The second-order valence-corrected chi connectivity index (χ2v) is 4.48. The van der Waals surface area contributed by atoms with Crippen LogP contribution in [0.25, 0.3) is 0 Å². The van der Waals surface area contributed by atoms with Crippen molar-refractivity contribution in [2.24, 2.45) is 11.7 Å². The van der Waals surface area contributed by atoms with E-state index in [1.807, 2.05) is 13.0 Å². The van der Waals surface area contributed by atoms with E-state index in [0.29, 0.717) is 6.04 Å². The normalized spacial score (nSPS) is 17.2. The lowest BCUT2D eigenvalue weighted by Crippen LogP contribution is -2.39. The third kappa shape index (κ3) is 3.20. The van der Waals surface area contributed by atoms with E-state index in [1.165, 1.54) is 12.8 Å². The molecule has 4 nitrogen and oxygen atoms in total. The van der Waals surface area contributed by atoms with Gasteiger partial charge in [-0.15, -0.1) is 12.4 Å². The Hall–Kier alpha value is -0.580. The third-order valence-corrected chi connectivity index (χ3v) is 3.06. The second kappa shape index (κ2) is 5.66. The zero-order chi connectivity index (χ0) is 10.8. The summed E-state index contributed by atoms with van der Waals surface area (Å²) in [6.07, 6.45) is 2.65. The monoisotopic (exact) mass is 245 g/mol. The number of halogens is 1. The van der Waals surface area contributed by atoms with E-state index in [2.05, 4.69) is 17.1 Å². The quantitative estimate of drug-likeness (QED) is 0.856. The van der Waals surface area contributed by atoms with Crippen molar-refractivity contribution in [3.8, 4) is 0 Å². The molecule has 1 saturated carbocycles. The highest BCUT2D eigenvalue weighted by Gasteiger charge is 2.32. The van der Waals surface area contributed by atoms with Gasteiger partial charge in [-0.05, 0) is 32.7 Å². The standard InChI is InChI=1S/C11H19N3O.ClH/c1-8-5-10(13-15-8)7-14(2)11(6-12)9-3-4-9;/h5,9,11H,3-4,6-7,12H2,1-2H3;1H. The van der Waals surface area contributed by atoms with Crippen LogP contribution in [0.2, 0.25) is 0 Å². The Kier molecular flexibility index (Phi) is 4.77. The van der Waals surface area contributed by atoms with Gasteiger partial charge in [-0.3, -0.25) is 4.90 Å². The Morgan fingerprint density at radius 2 is 2.31 bits per heavy atom. The van der Waals surface area contributed by atoms with E-state index < -0.39 is 0 Å². The largest absolute Gasteiger partial charge is 0.361 e. The molecule has 1 aromatic rings. The minimum Gasteiger partial charge on any atom is -0.361 e. The van der Waals surface area contributed by atoms with E-state index >= 15 is 0 Å². The number of aryl methyl sites for hydroxylation is 1. The van der Waals surface area contributed by atoms with Crippen molar-refractivity contribution < 1.29 is 4.52 Å². The van der Waals surface area contributed by atoms with E-state index in [9.17, 15) is 0 Å². The van der Waals surface area contributed by atoms with Crippen LogP contribution in [0.5, 0.6) is 0 Å². The molecule has 0 saturated heterocycles. The van der Waals surface area contributed by atoms with Crippen LogP contribution >= 0.6 is 12.4 Å². The molecular formula is C11H20ClN3O. The Labute approximate surface area is 103 Å². The topological polar surface area (TPSA) is 55.3 Å². The molecular weight excluding hydrogens is 226 g/mol. The van der Waals surface area contributed by atoms with Gasteiger partial charge in [0.15, 0.2) is 0 Å². The predicted molar refractivity (Wildman–Crippen MR) is 65.5 cm³/mol. The maximum absolute atomic E-state index is 5.79. The highest BCUT2D eigenvalue weighted by molar-refractivity contribution is 5.85. The molecule has 1 unspecified atom stereocenters. The van der Waals surface area contributed by atoms with Crippen molar-refractivity contribution in [1.29, 1.82) is 0 Å². The minimum absolute atomic E-state index is 0. The molecule has 1 aliphatic carbocycles. The summed E-state index contributed by atoms with van der Waals surface area (Å²) >= 11 is 0. The summed E-state index contributed by atoms with van der Waals surface area (Å²) in [7, 11) is 2.11. The van der Waals surface area contributed by atoms with Crippen LogP contribution in [0.1, 0.15) is 24.3 Å². The third-order valence-electron chi connectivity index (χ3n) is 3.06. The van der Waals surface area contributed by atoms with Crippen LogP contribution in [-0.4, -0.2) is 29.7 Å². The zero-order valence-corrected chi connectivity index (χ0v) is 10.7. The van der Waals surface area contributed by atoms with Crippen molar-refractivity contribution in [3.63, 3.8) is 0 Å². The number of likely N-dealkylation sites (N-methyl/N-ethyl adjacent to an activating group) is 1. The lowest BCUT2D eigenvalue weighted by atomic mass is 10.1. The highest BCUT2D eigenvalue weighted by Crippen LogP contribution is 2.34. The number of hydrogen-bond donors (Lipinski definition) is 1. The minimum atomic E-state index is 0. The molecule has 0 spiro atoms. The summed E-state index contributed by atoms with van der Waals surface area (Å²) in [5, 5.41) is 3.99. The molecule has 5 heteroatoms. The fourth-order valence-electron chi connectivity index (χ4n) is 2.08. The number of aromatic nitrogens is 1. The molecule has 1 atom stereocenters. The van der Waals surface area contributed by atoms with E-state index in [4.69, 9.17) is 10.3 Å². The maximum atomic E-state index is 5.79. The Balaban J connectivity index is 0.00000128. The summed E-state index contributed by atoms with van der Waals surface area (Å²) in [5.74, 6) is 1.67. The summed E-state index contributed by atoms with van der Waals surface area (Å²) < 4.78 is 5.05. The summed E-state index contributed by atoms with van der Waals surface area (Å²) in [6.45, 7) is 3.48. The lowest BCUT2D eigenvalue weighted by molar-refractivity contribution is 0.209. The molecule has 1 aliphatic rings. The molecule has 16 heavy (non-hydrogen) atoms. The molecule has 0 aliphatic heterocycles. The Morgan fingerprint density at radius 1 is 1.62 bits per heavy atom. The average molecular weight is 246 g/mol. The van der Waals surface area contributed by atoms with Crippen molar-refractivity contribution in [2.45, 2.75) is 32.4 Å².